The standard InChI is InChI=1S/C18H19N5O/c24-18(20-11-4-10-19-16-6-2-1-3-7-16)15-8-9-17(21-14-15)23-13-5-12-22-23/h1-3,5-9,12-14,19H,4,10-11H2,(H,20,24). The molecule has 122 valence electrons. The van der Waals surface area contributed by atoms with Crippen LogP contribution in [-0.4, -0.2) is 33.8 Å². The van der Waals surface area contributed by atoms with Crippen LogP contribution >= 0.6 is 0 Å². The summed E-state index contributed by atoms with van der Waals surface area (Å²) in [5.41, 5.74) is 1.63. The highest BCUT2D eigenvalue weighted by molar-refractivity contribution is 5.93. The lowest BCUT2D eigenvalue weighted by molar-refractivity contribution is 0.0953. The molecule has 0 saturated carbocycles. The first kappa shape index (κ1) is 15.7. The Labute approximate surface area is 140 Å². The number of nitrogens with zero attached hydrogens (tertiary/aromatic N) is 3. The molecular weight excluding hydrogens is 302 g/mol. The molecule has 0 fully saturated rings. The lowest BCUT2D eigenvalue weighted by Gasteiger charge is -2.08. The topological polar surface area (TPSA) is 71.8 Å². The van der Waals surface area contributed by atoms with Gasteiger partial charge >= 0.3 is 0 Å². The molecule has 0 atom stereocenters. The van der Waals surface area contributed by atoms with Crippen molar-refractivity contribution in [3.63, 3.8) is 0 Å². The third-order valence-corrected chi connectivity index (χ3v) is 3.49. The molecule has 0 saturated heterocycles. The van der Waals surface area contributed by atoms with E-state index in [1.54, 1.807) is 29.2 Å². The molecule has 6 nitrogen and oxygen atoms in total. The minimum Gasteiger partial charge on any atom is -0.385 e. The molecule has 0 unspecified atom stereocenters. The summed E-state index contributed by atoms with van der Waals surface area (Å²) in [7, 11) is 0. The third-order valence-electron chi connectivity index (χ3n) is 3.49. The zero-order chi connectivity index (χ0) is 16.6. The summed E-state index contributed by atoms with van der Waals surface area (Å²) in [6, 6.07) is 15.4. The van der Waals surface area contributed by atoms with E-state index >= 15 is 0 Å². The molecule has 0 aliphatic heterocycles. The minimum atomic E-state index is -0.116. The van der Waals surface area contributed by atoms with Crippen LogP contribution in [0.15, 0.2) is 67.1 Å². The molecule has 3 rings (SSSR count). The molecule has 2 heterocycles. The van der Waals surface area contributed by atoms with Crippen LogP contribution < -0.4 is 10.6 Å². The molecule has 0 bridgehead atoms. The molecule has 24 heavy (non-hydrogen) atoms. The van der Waals surface area contributed by atoms with Crippen molar-refractivity contribution in [2.24, 2.45) is 0 Å². The van der Waals surface area contributed by atoms with E-state index in [0.717, 1.165) is 18.7 Å². The van der Waals surface area contributed by atoms with Crippen LogP contribution in [0.25, 0.3) is 5.82 Å². The first-order valence-corrected chi connectivity index (χ1v) is 7.86. The summed E-state index contributed by atoms with van der Waals surface area (Å²) in [4.78, 5) is 16.3. The van der Waals surface area contributed by atoms with Crippen LogP contribution in [-0.2, 0) is 0 Å². The molecular formula is C18H19N5O. The maximum absolute atomic E-state index is 12.1. The SMILES string of the molecule is O=C(NCCCNc1ccccc1)c1ccc(-n2cccn2)nc1. The zero-order valence-electron chi connectivity index (χ0n) is 13.2. The van der Waals surface area contributed by atoms with Gasteiger partial charge in [0, 0.05) is 37.4 Å². The molecule has 0 spiro atoms. The molecule has 0 aliphatic rings. The van der Waals surface area contributed by atoms with Crippen LogP contribution in [0.4, 0.5) is 5.69 Å². The smallest absolute Gasteiger partial charge is 0.252 e. The molecule has 0 aliphatic carbocycles. The number of anilines is 1. The number of hydrogen-bond acceptors (Lipinski definition) is 4. The summed E-state index contributed by atoms with van der Waals surface area (Å²) >= 11 is 0. The third kappa shape index (κ3) is 4.19. The van der Waals surface area contributed by atoms with Gasteiger partial charge in [0.15, 0.2) is 5.82 Å². The monoisotopic (exact) mass is 321 g/mol. The average molecular weight is 321 g/mol. The van der Waals surface area contributed by atoms with E-state index in [9.17, 15) is 4.79 Å². The molecule has 3 aromatic rings. The second-order valence-electron chi connectivity index (χ2n) is 5.26. The van der Waals surface area contributed by atoms with Crippen LogP contribution in [0.3, 0.4) is 0 Å². The van der Waals surface area contributed by atoms with Crippen molar-refractivity contribution in [2.75, 3.05) is 18.4 Å². The van der Waals surface area contributed by atoms with E-state index in [2.05, 4.69) is 20.7 Å². The van der Waals surface area contributed by atoms with Crippen molar-refractivity contribution in [1.29, 1.82) is 0 Å². The van der Waals surface area contributed by atoms with E-state index in [1.807, 2.05) is 42.6 Å². The number of amides is 1. The van der Waals surface area contributed by atoms with Crippen molar-refractivity contribution in [3.8, 4) is 5.82 Å². The van der Waals surface area contributed by atoms with Gasteiger partial charge in [-0.15, -0.1) is 0 Å². The number of rotatable bonds is 7. The van der Waals surface area contributed by atoms with E-state index in [-0.39, 0.29) is 5.91 Å². The van der Waals surface area contributed by atoms with Crippen molar-refractivity contribution in [1.82, 2.24) is 20.1 Å². The molecule has 2 aromatic heterocycles. The van der Waals surface area contributed by atoms with E-state index in [1.165, 1.54) is 0 Å². The van der Waals surface area contributed by atoms with Crippen LogP contribution in [0.2, 0.25) is 0 Å². The van der Waals surface area contributed by atoms with E-state index in [4.69, 9.17) is 0 Å². The number of benzene rings is 1. The number of aromatic nitrogens is 3. The van der Waals surface area contributed by atoms with Gasteiger partial charge < -0.3 is 10.6 Å². The van der Waals surface area contributed by atoms with Gasteiger partial charge in [0.05, 0.1) is 5.56 Å². The molecule has 6 heteroatoms. The lowest BCUT2D eigenvalue weighted by Crippen LogP contribution is -2.26. The quantitative estimate of drug-likeness (QED) is 0.656. The number of carbonyl (C=O) groups excluding carboxylic acids is 1. The van der Waals surface area contributed by atoms with Gasteiger partial charge in [-0.05, 0) is 36.8 Å². The average Bonchev–Trinajstić information content (AvgIpc) is 3.17. The van der Waals surface area contributed by atoms with Crippen LogP contribution in [0.5, 0.6) is 0 Å². The number of carbonyl (C=O) groups is 1. The van der Waals surface area contributed by atoms with Crippen molar-refractivity contribution in [3.05, 3.63) is 72.7 Å². The highest BCUT2D eigenvalue weighted by atomic mass is 16.1. The fourth-order valence-corrected chi connectivity index (χ4v) is 2.24. The Morgan fingerprint density at radius 3 is 2.62 bits per heavy atom. The Bertz CT molecular complexity index is 754. The number of pyridine rings is 1. The zero-order valence-corrected chi connectivity index (χ0v) is 13.2. The van der Waals surface area contributed by atoms with E-state index in [0.29, 0.717) is 17.9 Å². The Hall–Kier alpha value is -3.15. The predicted octanol–water partition coefficient (Wildman–Crippen LogP) is 2.50. The Morgan fingerprint density at radius 2 is 1.92 bits per heavy atom. The second-order valence-corrected chi connectivity index (χ2v) is 5.26. The first-order chi connectivity index (χ1) is 11.8. The minimum absolute atomic E-state index is 0.116. The van der Waals surface area contributed by atoms with Crippen molar-refractivity contribution in [2.45, 2.75) is 6.42 Å². The lowest BCUT2D eigenvalue weighted by atomic mass is 10.2. The Balaban J connectivity index is 1.42. The van der Waals surface area contributed by atoms with Crippen LogP contribution in [0.1, 0.15) is 16.8 Å². The maximum atomic E-state index is 12.1. The van der Waals surface area contributed by atoms with Gasteiger partial charge in [0.2, 0.25) is 0 Å². The second kappa shape index (κ2) is 7.92. The van der Waals surface area contributed by atoms with Gasteiger partial charge in [-0.3, -0.25) is 4.79 Å². The Kier molecular flexibility index (Phi) is 5.19. The highest BCUT2D eigenvalue weighted by Gasteiger charge is 2.06. The number of nitrogens with one attached hydrogen (secondary N) is 2. The summed E-state index contributed by atoms with van der Waals surface area (Å²) in [5.74, 6) is 0.567. The van der Waals surface area contributed by atoms with E-state index < -0.39 is 0 Å². The van der Waals surface area contributed by atoms with Gasteiger partial charge in [0.1, 0.15) is 0 Å². The van der Waals surface area contributed by atoms with Crippen LogP contribution in [0, 0.1) is 0 Å². The Morgan fingerprint density at radius 1 is 1.04 bits per heavy atom. The van der Waals surface area contributed by atoms with Gasteiger partial charge in [0.25, 0.3) is 5.91 Å². The van der Waals surface area contributed by atoms with Gasteiger partial charge in [-0.25, -0.2) is 9.67 Å². The summed E-state index contributed by atoms with van der Waals surface area (Å²) in [6.45, 7) is 1.42. The fraction of sp³-hybridized carbons (Fsp3) is 0.167. The first-order valence-electron chi connectivity index (χ1n) is 7.86. The normalized spacial score (nSPS) is 10.3. The van der Waals surface area contributed by atoms with Crippen molar-refractivity contribution >= 4 is 11.6 Å². The highest BCUT2D eigenvalue weighted by Crippen LogP contribution is 2.05. The number of para-hydroxylation sites is 1. The molecule has 1 amide bonds. The van der Waals surface area contributed by atoms with Crippen molar-refractivity contribution < 1.29 is 4.79 Å². The predicted molar refractivity (Wildman–Crippen MR) is 93.2 cm³/mol. The molecule has 2 N–H and O–H groups in total. The number of hydrogen-bond donors (Lipinski definition) is 2. The van der Waals surface area contributed by atoms with Gasteiger partial charge in [-0.1, -0.05) is 18.2 Å². The van der Waals surface area contributed by atoms with Gasteiger partial charge in [-0.2, -0.15) is 5.10 Å². The molecule has 0 radical (unpaired) electrons. The summed E-state index contributed by atoms with van der Waals surface area (Å²) in [5, 5.41) is 10.3. The maximum Gasteiger partial charge on any atom is 0.252 e. The summed E-state index contributed by atoms with van der Waals surface area (Å²) < 4.78 is 1.65. The fourth-order valence-electron chi connectivity index (χ4n) is 2.24. The molecule has 1 aromatic carbocycles. The largest absolute Gasteiger partial charge is 0.385 e. The summed E-state index contributed by atoms with van der Waals surface area (Å²) in [6.07, 6.45) is 5.90.